The molecule has 0 aromatic carbocycles. The Balaban J connectivity index is 1.71. The van der Waals surface area contributed by atoms with Crippen LogP contribution in [0.1, 0.15) is 22.7 Å². The van der Waals surface area contributed by atoms with Crippen molar-refractivity contribution in [1.82, 2.24) is 15.4 Å². The first-order valence-corrected chi connectivity index (χ1v) is 5.70. The molecular formula is C11H15N3O2. The molecule has 0 bridgehead atoms. The SMILES string of the molecule is Cc1cc(C(=O)N2CCC3CNC3C2)on1. The summed E-state index contributed by atoms with van der Waals surface area (Å²) in [6.45, 7) is 4.55. The van der Waals surface area contributed by atoms with Gasteiger partial charge in [0.1, 0.15) is 0 Å². The van der Waals surface area contributed by atoms with Gasteiger partial charge in [-0.3, -0.25) is 4.79 Å². The molecule has 1 amide bonds. The van der Waals surface area contributed by atoms with E-state index in [2.05, 4.69) is 10.5 Å². The molecule has 2 fully saturated rings. The fourth-order valence-corrected chi connectivity index (χ4v) is 2.42. The van der Waals surface area contributed by atoms with Gasteiger partial charge in [0.25, 0.3) is 5.91 Å². The summed E-state index contributed by atoms with van der Waals surface area (Å²) < 4.78 is 5.00. The van der Waals surface area contributed by atoms with Gasteiger partial charge < -0.3 is 14.7 Å². The Morgan fingerprint density at radius 3 is 3.12 bits per heavy atom. The van der Waals surface area contributed by atoms with Gasteiger partial charge in [-0.05, 0) is 25.8 Å². The minimum atomic E-state index is -0.0345. The van der Waals surface area contributed by atoms with Crippen molar-refractivity contribution in [2.24, 2.45) is 5.92 Å². The molecule has 1 aromatic rings. The molecule has 2 saturated heterocycles. The smallest absolute Gasteiger partial charge is 0.292 e. The molecule has 2 aliphatic heterocycles. The number of hydrogen-bond acceptors (Lipinski definition) is 4. The molecule has 3 heterocycles. The van der Waals surface area contributed by atoms with Crippen molar-refractivity contribution in [3.8, 4) is 0 Å². The highest BCUT2D eigenvalue weighted by Crippen LogP contribution is 2.24. The average Bonchev–Trinajstić information content (AvgIpc) is 2.66. The molecule has 1 N–H and O–H groups in total. The summed E-state index contributed by atoms with van der Waals surface area (Å²) >= 11 is 0. The first-order valence-electron chi connectivity index (χ1n) is 5.70. The fraction of sp³-hybridized carbons (Fsp3) is 0.636. The Labute approximate surface area is 93.8 Å². The van der Waals surface area contributed by atoms with E-state index in [1.807, 2.05) is 11.8 Å². The number of likely N-dealkylation sites (tertiary alicyclic amines) is 1. The molecule has 2 atom stereocenters. The van der Waals surface area contributed by atoms with E-state index in [-0.39, 0.29) is 5.91 Å². The Morgan fingerprint density at radius 1 is 1.69 bits per heavy atom. The lowest BCUT2D eigenvalue weighted by Crippen LogP contribution is -2.62. The molecule has 0 saturated carbocycles. The topological polar surface area (TPSA) is 58.4 Å². The number of rotatable bonds is 1. The molecule has 0 spiro atoms. The lowest BCUT2D eigenvalue weighted by atomic mass is 9.85. The Kier molecular flexibility index (Phi) is 2.21. The zero-order valence-corrected chi connectivity index (χ0v) is 9.27. The molecule has 16 heavy (non-hydrogen) atoms. The zero-order valence-electron chi connectivity index (χ0n) is 9.27. The summed E-state index contributed by atoms with van der Waals surface area (Å²) in [5.74, 6) is 1.09. The van der Waals surface area contributed by atoms with Gasteiger partial charge in [0.2, 0.25) is 5.76 Å². The van der Waals surface area contributed by atoms with E-state index < -0.39 is 0 Å². The average molecular weight is 221 g/mol. The van der Waals surface area contributed by atoms with Crippen molar-refractivity contribution in [3.63, 3.8) is 0 Å². The number of piperidine rings is 1. The van der Waals surface area contributed by atoms with Crippen molar-refractivity contribution >= 4 is 5.91 Å². The van der Waals surface area contributed by atoms with Crippen molar-refractivity contribution < 1.29 is 9.32 Å². The number of carbonyl (C=O) groups excluding carboxylic acids is 1. The quantitative estimate of drug-likeness (QED) is 0.746. The van der Waals surface area contributed by atoms with Gasteiger partial charge in [0.15, 0.2) is 0 Å². The normalized spacial score (nSPS) is 28.4. The molecule has 5 nitrogen and oxygen atoms in total. The molecule has 2 unspecified atom stereocenters. The van der Waals surface area contributed by atoms with E-state index in [1.54, 1.807) is 6.07 Å². The standard InChI is InChI=1S/C11H15N3O2/c1-7-4-10(16-13-7)11(15)14-3-2-8-5-12-9(8)6-14/h4,8-9,12H,2-3,5-6H2,1H3. The highest BCUT2D eigenvalue weighted by Gasteiger charge is 2.37. The van der Waals surface area contributed by atoms with Crippen LogP contribution in [-0.4, -0.2) is 41.6 Å². The monoisotopic (exact) mass is 221 g/mol. The number of nitrogens with zero attached hydrogens (tertiary/aromatic N) is 2. The van der Waals surface area contributed by atoms with E-state index in [1.165, 1.54) is 0 Å². The van der Waals surface area contributed by atoms with Gasteiger partial charge in [0.05, 0.1) is 5.69 Å². The number of fused-ring (bicyclic) bond motifs is 1. The number of nitrogens with one attached hydrogen (secondary N) is 1. The Hall–Kier alpha value is -1.36. The maximum Gasteiger partial charge on any atom is 0.292 e. The van der Waals surface area contributed by atoms with Gasteiger partial charge in [-0.1, -0.05) is 5.16 Å². The second-order valence-corrected chi connectivity index (χ2v) is 4.65. The van der Waals surface area contributed by atoms with Crippen LogP contribution in [0.5, 0.6) is 0 Å². The molecular weight excluding hydrogens is 206 g/mol. The van der Waals surface area contributed by atoms with Gasteiger partial charge in [0, 0.05) is 25.2 Å². The van der Waals surface area contributed by atoms with Gasteiger partial charge in [-0.25, -0.2) is 0 Å². The predicted molar refractivity (Wildman–Crippen MR) is 57.0 cm³/mol. The van der Waals surface area contributed by atoms with E-state index in [9.17, 15) is 4.79 Å². The summed E-state index contributed by atoms with van der Waals surface area (Å²) in [5, 5.41) is 7.09. The number of aromatic nitrogens is 1. The second-order valence-electron chi connectivity index (χ2n) is 4.65. The zero-order chi connectivity index (χ0) is 11.1. The van der Waals surface area contributed by atoms with Crippen LogP contribution in [0.3, 0.4) is 0 Å². The number of carbonyl (C=O) groups is 1. The minimum Gasteiger partial charge on any atom is -0.351 e. The van der Waals surface area contributed by atoms with Gasteiger partial charge in [-0.15, -0.1) is 0 Å². The van der Waals surface area contributed by atoms with Crippen LogP contribution in [0.2, 0.25) is 0 Å². The number of hydrogen-bond donors (Lipinski definition) is 1. The highest BCUT2D eigenvalue weighted by atomic mass is 16.5. The number of aryl methyl sites for hydroxylation is 1. The molecule has 1 aromatic heterocycles. The number of amides is 1. The maximum absolute atomic E-state index is 12.1. The van der Waals surface area contributed by atoms with Gasteiger partial charge >= 0.3 is 0 Å². The lowest BCUT2D eigenvalue weighted by Gasteiger charge is -2.45. The summed E-state index contributed by atoms with van der Waals surface area (Å²) in [6.07, 6.45) is 1.09. The summed E-state index contributed by atoms with van der Waals surface area (Å²) in [4.78, 5) is 13.9. The van der Waals surface area contributed by atoms with Crippen molar-refractivity contribution in [2.45, 2.75) is 19.4 Å². The minimum absolute atomic E-state index is 0.0345. The molecule has 0 aliphatic carbocycles. The molecule has 86 valence electrons. The van der Waals surface area contributed by atoms with Crippen LogP contribution in [0.4, 0.5) is 0 Å². The Morgan fingerprint density at radius 2 is 2.56 bits per heavy atom. The molecule has 2 aliphatic rings. The molecule has 3 rings (SSSR count). The summed E-state index contributed by atoms with van der Waals surface area (Å²) in [7, 11) is 0. The van der Waals surface area contributed by atoms with E-state index in [4.69, 9.17) is 4.52 Å². The predicted octanol–water partition coefficient (Wildman–Crippen LogP) is 0.417. The van der Waals surface area contributed by atoms with Crippen molar-refractivity contribution in [3.05, 3.63) is 17.5 Å². The third-order valence-electron chi connectivity index (χ3n) is 3.52. The highest BCUT2D eigenvalue weighted by molar-refractivity contribution is 5.91. The summed E-state index contributed by atoms with van der Waals surface area (Å²) in [5.41, 5.74) is 0.750. The maximum atomic E-state index is 12.1. The first kappa shape index (κ1) is 9.84. The Bertz CT molecular complexity index is 415. The molecule has 5 heteroatoms. The fourth-order valence-electron chi connectivity index (χ4n) is 2.42. The first-order chi connectivity index (χ1) is 7.74. The van der Waals surface area contributed by atoms with Crippen molar-refractivity contribution in [1.29, 1.82) is 0 Å². The van der Waals surface area contributed by atoms with E-state index in [0.29, 0.717) is 11.8 Å². The van der Waals surface area contributed by atoms with Gasteiger partial charge in [-0.2, -0.15) is 0 Å². The van der Waals surface area contributed by atoms with Crippen LogP contribution in [0.25, 0.3) is 0 Å². The van der Waals surface area contributed by atoms with Crippen LogP contribution in [0.15, 0.2) is 10.6 Å². The van der Waals surface area contributed by atoms with E-state index >= 15 is 0 Å². The van der Waals surface area contributed by atoms with E-state index in [0.717, 1.165) is 37.7 Å². The second kappa shape index (κ2) is 3.59. The van der Waals surface area contributed by atoms with Crippen LogP contribution >= 0.6 is 0 Å². The molecule has 0 radical (unpaired) electrons. The van der Waals surface area contributed by atoms with Crippen molar-refractivity contribution in [2.75, 3.05) is 19.6 Å². The largest absolute Gasteiger partial charge is 0.351 e. The van der Waals surface area contributed by atoms with Crippen LogP contribution in [-0.2, 0) is 0 Å². The summed E-state index contributed by atoms with van der Waals surface area (Å²) in [6, 6.07) is 2.18. The third kappa shape index (κ3) is 1.51. The van der Waals surface area contributed by atoms with Crippen LogP contribution < -0.4 is 5.32 Å². The third-order valence-corrected chi connectivity index (χ3v) is 3.52. The lowest BCUT2D eigenvalue weighted by molar-refractivity contribution is 0.0482. The van der Waals surface area contributed by atoms with Crippen LogP contribution in [0, 0.1) is 12.8 Å².